The molecule has 8 heteroatoms. The molecule has 0 radical (unpaired) electrons. The molecule has 3 heterocycles. The van der Waals surface area contributed by atoms with Crippen LogP contribution in [0.1, 0.15) is 37.9 Å². The van der Waals surface area contributed by atoms with E-state index in [1.807, 2.05) is 60.9 Å². The number of nitrogens with one attached hydrogen (secondary N) is 2. The summed E-state index contributed by atoms with van der Waals surface area (Å²) in [7, 11) is 0. The van der Waals surface area contributed by atoms with Gasteiger partial charge in [-0.05, 0) is 61.9 Å². The standard InChI is InChI=1S/C27H25N3O5/c1-17-13-22(18(2)30(17)21-8-9-23-25(15-21)35-12-11-34-23)26(31)28-16-19-5-3-6-20(14-19)29-27(32)24-7-4-10-33-24/h3-10,13-15H,11-12,16H2,1-2H3,(H,28,31)(H,29,32). The Kier molecular flexibility index (Phi) is 6.01. The second kappa shape index (κ2) is 9.42. The molecular weight excluding hydrogens is 446 g/mol. The topological polar surface area (TPSA) is 94.7 Å². The van der Waals surface area contributed by atoms with Crippen LogP contribution in [0.2, 0.25) is 0 Å². The van der Waals surface area contributed by atoms with E-state index >= 15 is 0 Å². The Balaban J connectivity index is 1.28. The molecule has 0 saturated heterocycles. The van der Waals surface area contributed by atoms with E-state index in [4.69, 9.17) is 13.9 Å². The minimum absolute atomic E-state index is 0.174. The van der Waals surface area contributed by atoms with Crippen molar-refractivity contribution in [1.29, 1.82) is 0 Å². The van der Waals surface area contributed by atoms with Crippen LogP contribution in [0.15, 0.2) is 71.3 Å². The molecule has 5 rings (SSSR count). The molecule has 0 atom stereocenters. The second-order valence-electron chi connectivity index (χ2n) is 8.26. The van der Waals surface area contributed by atoms with Gasteiger partial charge in [-0.1, -0.05) is 12.1 Å². The normalized spacial score (nSPS) is 12.3. The van der Waals surface area contributed by atoms with E-state index in [1.165, 1.54) is 6.26 Å². The van der Waals surface area contributed by atoms with Crippen LogP contribution in [0.3, 0.4) is 0 Å². The minimum Gasteiger partial charge on any atom is -0.486 e. The molecule has 178 valence electrons. The molecule has 1 aliphatic heterocycles. The summed E-state index contributed by atoms with van der Waals surface area (Å²) in [6.07, 6.45) is 1.45. The number of ether oxygens (including phenoxy) is 2. The van der Waals surface area contributed by atoms with Gasteiger partial charge in [0.15, 0.2) is 17.3 Å². The van der Waals surface area contributed by atoms with E-state index in [2.05, 4.69) is 10.6 Å². The molecular formula is C27H25N3O5. The van der Waals surface area contributed by atoms with Gasteiger partial charge >= 0.3 is 0 Å². The fourth-order valence-corrected chi connectivity index (χ4v) is 4.20. The largest absolute Gasteiger partial charge is 0.486 e. The third-order valence-corrected chi connectivity index (χ3v) is 5.84. The van der Waals surface area contributed by atoms with Crippen molar-refractivity contribution in [3.8, 4) is 17.2 Å². The van der Waals surface area contributed by atoms with E-state index in [9.17, 15) is 9.59 Å². The molecule has 0 fully saturated rings. The molecule has 35 heavy (non-hydrogen) atoms. The molecule has 0 spiro atoms. The number of carbonyl (C=O) groups excluding carboxylic acids is 2. The third kappa shape index (κ3) is 4.63. The van der Waals surface area contributed by atoms with Crippen LogP contribution in [-0.4, -0.2) is 29.6 Å². The van der Waals surface area contributed by atoms with Crippen LogP contribution in [-0.2, 0) is 6.54 Å². The van der Waals surface area contributed by atoms with Gasteiger partial charge in [-0.15, -0.1) is 0 Å². The summed E-state index contributed by atoms with van der Waals surface area (Å²) in [6.45, 7) is 5.26. The Bertz CT molecular complexity index is 1390. The molecule has 4 aromatic rings. The zero-order valence-electron chi connectivity index (χ0n) is 19.5. The number of nitrogens with zero attached hydrogens (tertiary/aromatic N) is 1. The number of anilines is 1. The number of hydrogen-bond donors (Lipinski definition) is 2. The first-order chi connectivity index (χ1) is 17.0. The summed E-state index contributed by atoms with van der Waals surface area (Å²) in [5.74, 6) is 1.15. The SMILES string of the molecule is Cc1cc(C(=O)NCc2cccc(NC(=O)c3ccco3)c2)c(C)n1-c1ccc2c(c1)OCCO2. The first kappa shape index (κ1) is 22.3. The van der Waals surface area contributed by atoms with Gasteiger partial charge in [-0.2, -0.15) is 0 Å². The van der Waals surface area contributed by atoms with Crippen molar-refractivity contribution in [2.45, 2.75) is 20.4 Å². The Morgan fingerprint density at radius 2 is 1.74 bits per heavy atom. The number of benzene rings is 2. The zero-order chi connectivity index (χ0) is 24.4. The van der Waals surface area contributed by atoms with Crippen LogP contribution in [0, 0.1) is 13.8 Å². The van der Waals surface area contributed by atoms with Gasteiger partial charge in [0.25, 0.3) is 11.8 Å². The van der Waals surface area contributed by atoms with Crippen molar-refractivity contribution < 1.29 is 23.5 Å². The highest BCUT2D eigenvalue weighted by Crippen LogP contribution is 2.33. The molecule has 2 amide bonds. The van der Waals surface area contributed by atoms with E-state index in [-0.39, 0.29) is 17.6 Å². The fourth-order valence-electron chi connectivity index (χ4n) is 4.20. The van der Waals surface area contributed by atoms with Gasteiger partial charge in [0, 0.05) is 35.4 Å². The molecule has 0 bridgehead atoms. The van der Waals surface area contributed by atoms with Crippen molar-refractivity contribution in [3.05, 3.63) is 95.2 Å². The van der Waals surface area contributed by atoms with Crippen LogP contribution < -0.4 is 20.1 Å². The number of fused-ring (bicyclic) bond motifs is 1. The summed E-state index contributed by atoms with van der Waals surface area (Å²) in [6, 6.07) is 18.2. The van der Waals surface area contributed by atoms with E-state index in [0.29, 0.717) is 36.8 Å². The smallest absolute Gasteiger partial charge is 0.291 e. The maximum absolute atomic E-state index is 13.0. The predicted molar refractivity (Wildman–Crippen MR) is 131 cm³/mol. The van der Waals surface area contributed by atoms with Gasteiger partial charge in [0.2, 0.25) is 0 Å². The molecule has 0 unspecified atom stereocenters. The molecule has 1 aliphatic rings. The van der Waals surface area contributed by atoms with Crippen molar-refractivity contribution in [3.63, 3.8) is 0 Å². The van der Waals surface area contributed by atoms with Crippen LogP contribution in [0.25, 0.3) is 5.69 Å². The number of carbonyl (C=O) groups is 2. The lowest BCUT2D eigenvalue weighted by molar-refractivity contribution is 0.0949. The number of aromatic nitrogens is 1. The Hall–Kier alpha value is -4.46. The number of rotatable bonds is 6. The Morgan fingerprint density at radius 3 is 2.54 bits per heavy atom. The monoisotopic (exact) mass is 471 g/mol. The maximum atomic E-state index is 13.0. The first-order valence-corrected chi connectivity index (χ1v) is 11.3. The lowest BCUT2D eigenvalue weighted by atomic mass is 10.1. The summed E-state index contributed by atoms with van der Waals surface area (Å²) in [5, 5.41) is 5.77. The van der Waals surface area contributed by atoms with E-state index in [0.717, 1.165) is 28.4 Å². The lowest BCUT2D eigenvalue weighted by Gasteiger charge is -2.20. The highest BCUT2D eigenvalue weighted by Gasteiger charge is 2.19. The highest BCUT2D eigenvalue weighted by atomic mass is 16.6. The molecule has 2 aromatic carbocycles. The number of hydrogen-bond acceptors (Lipinski definition) is 5. The Morgan fingerprint density at radius 1 is 0.914 bits per heavy atom. The van der Waals surface area contributed by atoms with Crippen LogP contribution >= 0.6 is 0 Å². The Labute approximate surface area is 202 Å². The first-order valence-electron chi connectivity index (χ1n) is 11.3. The van der Waals surface area contributed by atoms with Gasteiger partial charge in [0.05, 0.1) is 11.8 Å². The summed E-state index contributed by atoms with van der Waals surface area (Å²) in [4.78, 5) is 25.2. The predicted octanol–water partition coefficient (Wildman–Crippen LogP) is 4.64. The highest BCUT2D eigenvalue weighted by molar-refractivity contribution is 6.02. The van der Waals surface area contributed by atoms with Crippen molar-refractivity contribution in [2.24, 2.45) is 0 Å². The number of furan rings is 1. The quantitative estimate of drug-likeness (QED) is 0.427. The second-order valence-corrected chi connectivity index (χ2v) is 8.26. The lowest BCUT2D eigenvalue weighted by Crippen LogP contribution is -2.23. The van der Waals surface area contributed by atoms with Gasteiger partial charge in [-0.3, -0.25) is 9.59 Å². The molecule has 0 saturated carbocycles. The number of aryl methyl sites for hydroxylation is 1. The van der Waals surface area contributed by atoms with Gasteiger partial charge < -0.3 is 29.1 Å². The summed E-state index contributed by atoms with van der Waals surface area (Å²) >= 11 is 0. The molecule has 2 aromatic heterocycles. The maximum Gasteiger partial charge on any atom is 0.291 e. The van der Waals surface area contributed by atoms with Gasteiger partial charge in [-0.25, -0.2) is 0 Å². The van der Waals surface area contributed by atoms with E-state index in [1.54, 1.807) is 18.2 Å². The van der Waals surface area contributed by atoms with Crippen LogP contribution in [0.5, 0.6) is 11.5 Å². The minimum atomic E-state index is -0.331. The summed E-state index contributed by atoms with van der Waals surface area (Å²) < 4.78 is 18.5. The number of amides is 2. The van der Waals surface area contributed by atoms with Crippen molar-refractivity contribution in [1.82, 2.24) is 9.88 Å². The average Bonchev–Trinajstić information content (AvgIpc) is 3.51. The van der Waals surface area contributed by atoms with Crippen molar-refractivity contribution in [2.75, 3.05) is 18.5 Å². The van der Waals surface area contributed by atoms with Crippen molar-refractivity contribution >= 4 is 17.5 Å². The van der Waals surface area contributed by atoms with Gasteiger partial charge in [0.1, 0.15) is 13.2 Å². The third-order valence-electron chi connectivity index (χ3n) is 5.84. The molecule has 8 nitrogen and oxygen atoms in total. The van der Waals surface area contributed by atoms with Crippen LogP contribution in [0.4, 0.5) is 5.69 Å². The summed E-state index contributed by atoms with van der Waals surface area (Å²) in [5.41, 5.74) is 4.75. The van der Waals surface area contributed by atoms with E-state index < -0.39 is 0 Å². The molecule has 2 N–H and O–H groups in total. The fraction of sp³-hybridized carbons (Fsp3) is 0.185. The average molecular weight is 472 g/mol. The zero-order valence-corrected chi connectivity index (χ0v) is 19.5. The molecule has 0 aliphatic carbocycles.